The van der Waals surface area contributed by atoms with E-state index >= 15 is 0 Å². The molecule has 0 atom stereocenters. The zero-order valence-corrected chi connectivity index (χ0v) is 16.6. The fourth-order valence-corrected chi connectivity index (χ4v) is 6.33. The number of hydrogen-bond donors (Lipinski definition) is 1. The Morgan fingerprint density at radius 1 is 1.28 bits per heavy atom. The summed E-state index contributed by atoms with van der Waals surface area (Å²) < 4.78 is 1.14. The quantitative estimate of drug-likeness (QED) is 0.886. The van der Waals surface area contributed by atoms with Crippen LogP contribution in [0.4, 0.5) is 5.13 Å². The Morgan fingerprint density at radius 2 is 2.04 bits per heavy atom. The molecule has 2 saturated heterocycles. The molecular formula is C18H26N4OS2. The van der Waals surface area contributed by atoms with E-state index in [2.05, 4.69) is 30.1 Å². The lowest BCUT2D eigenvalue weighted by molar-refractivity contribution is 0.0612. The van der Waals surface area contributed by atoms with Gasteiger partial charge in [0.25, 0.3) is 5.91 Å². The standard InChI is InChI=1S/C18H26N4OS2/c1-3-21(4-2)17-20-15-13(25-17)11-14(24-15)16(23)22-9-6-18(7-10-22)5-8-19-12-18/h11,19H,3-10,12H2,1-2H3. The first-order valence-electron chi connectivity index (χ1n) is 9.29. The predicted octanol–water partition coefficient (Wildman–Crippen LogP) is 3.42. The Balaban J connectivity index is 1.46. The van der Waals surface area contributed by atoms with Gasteiger partial charge in [-0.05, 0) is 51.1 Å². The third kappa shape index (κ3) is 3.17. The highest BCUT2D eigenvalue weighted by Gasteiger charge is 2.38. The van der Waals surface area contributed by atoms with E-state index in [-0.39, 0.29) is 5.91 Å². The summed E-state index contributed by atoms with van der Waals surface area (Å²) >= 11 is 3.25. The molecule has 0 bridgehead atoms. The summed E-state index contributed by atoms with van der Waals surface area (Å²) in [6.07, 6.45) is 3.54. The van der Waals surface area contributed by atoms with Crippen molar-refractivity contribution in [2.24, 2.45) is 5.41 Å². The van der Waals surface area contributed by atoms with Gasteiger partial charge in [0.1, 0.15) is 4.83 Å². The maximum Gasteiger partial charge on any atom is 0.264 e. The Morgan fingerprint density at radius 3 is 2.64 bits per heavy atom. The minimum absolute atomic E-state index is 0.195. The average Bonchev–Trinajstić information content (AvgIpc) is 3.31. The Kier molecular flexibility index (Phi) is 4.73. The second-order valence-electron chi connectivity index (χ2n) is 7.17. The van der Waals surface area contributed by atoms with E-state index in [1.165, 1.54) is 6.42 Å². The molecule has 0 saturated carbocycles. The summed E-state index contributed by atoms with van der Waals surface area (Å²) in [6, 6.07) is 2.05. The van der Waals surface area contributed by atoms with Crippen LogP contribution in [0.5, 0.6) is 0 Å². The van der Waals surface area contributed by atoms with E-state index < -0.39 is 0 Å². The molecule has 2 aliphatic heterocycles. The number of fused-ring (bicyclic) bond motifs is 1. The van der Waals surface area contributed by atoms with Crippen molar-refractivity contribution in [2.75, 3.05) is 44.2 Å². The number of aromatic nitrogens is 1. The van der Waals surface area contributed by atoms with Gasteiger partial charge in [0.05, 0.1) is 9.58 Å². The van der Waals surface area contributed by atoms with Gasteiger partial charge in [-0.3, -0.25) is 4.79 Å². The lowest BCUT2D eigenvalue weighted by atomic mass is 9.78. The maximum absolute atomic E-state index is 12.9. The molecule has 4 rings (SSSR count). The van der Waals surface area contributed by atoms with Gasteiger partial charge in [-0.1, -0.05) is 11.3 Å². The largest absolute Gasteiger partial charge is 0.349 e. The molecule has 5 nitrogen and oxygen atoms in total. The van der Waals surface area contributed by atoms with Gasteiger partial charge in [0.2, 0.25) is 0 Å². The van der Waals surface area contributed by atoms with Crippen LogP contribution in [0.1, 0.15) is 42.8 Å². The number of thiazole rings is 1. The first kappa shape index (κ1) is 17.2. The molecular weight excluding hydrogens is 352 g/mol. The molecule has 2 aromatic heterocycles. The molecule has 136 valence electrons. The van der Waals surface area contributed by atoms with Crippen molar-refractivity contribution < 1.29 is 4.79 Å². The van der Waals surface area contributed by atoms with E-state index in [0.717, 1.165) is 71.6 Å². The van der Waals surface area contributed by atoms with E-state index in [0.29, 0.717) is 5.41 Å². The van der Waals surface area contributed by atoms with Crippen molar-refractivity contribution >= 4 is 43.2 Å². The van der Waals surface area contributed by atoms with Gasteiger partial charge in [0.15, 0.2) is 5.13 Å². The van der Waals surface area contributed by atoms with Gasteiger partial charge >= 0.3 is 0 Å². The van der Waals surface area contributed by atoms with Crippen LogP contribution >= 0.6 is 22.7 Å². The van der Waals surface area contributed by atoms with Crippen LogP contribution in [0.3, 0.4) is 0 Å². The molecule has 1 amide bonds. The summed E-state index contributed by atoms with van der Waals surface area (Å²) in [6.45, 7) is 10.3. The molecule has 4 heterocycles. The van der Waals surface area contributed by atoms with Gasteiger partial charge in [0, 0.05) is 32.7 Å². The number of rotatable bonds is 4. The van der Waals surface area contributed by atoms with E-state index in [1.807, 2.05) is 4.90 Å². The lowest BCUT2D eigenvalue weighted by Crippen LogP contribution is -2.43. The summed E-state index contributed by atoms with van der Waals surface area (Å²) in [5.74, 6) is 0.195. The van der Waals surface area contributed by atoms with Crippen LogP contribution in [0.2, 0.25) is 0 Å². The molecule has 1 N–H and O–H groups in total. The molecule has 2 aliphatic rings. The highest BCUT2D eigenvalue weighted by atomic mass is 32.1. The van der Waals surface area contributed by atoms with E-state index in [9.17, 15) is 4.79 Å². The lowest BCUT2D eigenvalue weighted by Gasteiger charge is -2.38. The zero-order chi connectivity index (χ0) is 17.4. The Hall–Kier alpha value is -1.18. The summed E-state index contributed by atoms with van der Waals surface area (Å²) in [5.41, 5.74) is 0.451. The van der Waals surface area contributed by atoms with Gasteiger partial charge in [-0.25, -0.2) is 4.98 Å². The van der Waals surface area contributed by atoms with Crippen LogP contribution in [0, 0.1) is 5.41 Å². The third-order valence-electron chi connectivity index (χ3n) is 5.77. The van der Waals surface area contributed by atoms with Crippen LogP contribution in [-0.2, 0) is 0 Å². The number of carbonyl (C=O) groups excluding carboxylic acids is 1. The van der Waals surface area contributed by atoms with Crippen molar-refractivity contribution in [2.45, 2.75) is 33.1 Å². The van der Waals surface area contributed by atoms with Crippen LogP contribution < -0.4 is 10.2 Å². The van der Waals surface area contributed by atoms with Gasteiger partial charge in [-0.15, -0.1) is 11.3 Å². The van der Waals surface area contributed by atoms with Crippen molar-refractivity contribution in [1.29, 1.82) is 0 Å². The minimum atomic E-state index is 0.195. The first-order chi connectivity index (χ1) is 12.1. The molecule has 2 aromatic rings. The minimum Gasteiger partial charge on any atom is -0.349 e. The topological polar surface area (TPSA) is 48.5 Å². The Bertz CT molecular complexity index is 717. The summed E-state index contributed by atoms with van der Waals surface area (Å²) in [7, 11) is 0. The van der Waals surface area contributed by atoms with Crippen LogP contribution in [-0.4, -0.2) is 55.1 Å². The van der Waals surface area contributed by atoms with Gasteiger partial charge in [-0.2, -0.15) is 0 Å². The molecule has 0 aromatic carbocycles. The number of piperidine rings is 1. The number of hydrogen-bond acceptors (Lipinski definition) is 6. The SMILES string of the molecule is CCN(CC)c1nc2sc(C(=O)N3CCC4(CCNC4)CC3)cc2s1. The highest BCUT2D eigenvalue weighted by Crippen LogP contribution is 2.39. The number of amides is 1. The number of likely N-dealkylation sites (tertiary alicyclic amines) is 1. The highest BCUT2D eigenvalue weighted by molar-refractivity contribution is 7.29. The summed E-state index contributed by atoms with van der Waals surface area (Å²) in [4.78, 5) is 23.8. The van der Waals surface area contributed by atoms with Crippen molar-refractivity contribution in [3.8, 4) is 0 Å². The predicted molar refractivity (Wildman–Crippen MR) is 106 cm³/mol. The van der Waals surface area contributed by atoms with E-state index in [4.69, 9.17) is 4.98 Å². The van der Waals surface area contributed by atoms with Crippen LogP contribution in [0.15, 0.2) is 6.07 Å². The molecule has 2 fully saturated rings. The van der Waals surface area contributed by atoms with Crippen molar-refractivity contribution in [3.63, 3.8) is 0 Å². The monoisotopic (exact) mass is 378 g/mol. The first-order valence-corrected chi connectivity index (χ1v) is 10.9. The Labute approximate surface area is 157 Å². The molecule has 0 aliphatic carbocycles. The second kappa shape index (κ2) is 6.85. The molecule has 0 radical (unpaired) electrons. The number of anilines is 1. The zero-order valence-electron chi connectivity index (χ0n) is 15.0. The second-order valence-corrected chi connectivity index (χ2v) is 9.21. The maximum atomic E-state index is 12.9. The number of nitrogens with one attached hydrogen (secondary N) is 1. The van der Waals surface area contributed by atoms with Crippen molar-refractivity contribution in [3.05, 3.63) is 10.9 Å². The fraction of sp³-hybridized carbons (Fsp3) is 0.667. The van der Waals surface area contributed by atoms with Crippen LogP contribution in [0.25, 0.3) is 9.53 Å². The molecule has 1 spiro atoms. The average molecular weight is 379 g/mol. The molecule has 0 unspecified atom stereocenters. The third-order valence-corrected chi connectivity index (χ3v) is 7.98. The fourth-order valence-electron chi connectivity index (χ4n) is 4.02. The summed E-state index contributed by atoms with van der Waals surface area (Å²) in [5, 5.41) is 4.55. The van der Waals surface area contributed by atoms with E-state index in [1.54, 1.807) is 22.7 Å². The molecule has 7 heteroatoms. The van der Waals surface area contributed by atoms with Gasteiger partial charge < -0.3 is 15.1 Å². The molecule has 25 heavy (non-hydrogen) atoms. The number of thiophene rings is 1. The number of carbonyl (C=O) groups is 1. The number of nitrogens with zero attached hydrogens (tertiary/aromatic N) is 3. The van der Waals surface area contributed by atoms with Crippen molar-refractivity contribution in [1.82, 2.24) is 15.2 Å². The smallest absolute Gasteiger partial charge is 0.264 e. The normalized spacial score (nSPS) is 19.8.